The summed E-state index contributed by atoms with van der Waals surface area (Å²) in [7, 11) is 2.55. The highest BCUT2D eigenvalue weighted by Crippen LogP contribution is 2.43. The Hall–Kier alpha value is 1.08. The van der Waals surface area contributed by atoms with Gasteiger partial charge in [-0.05, 0) is 0 Å². The maximum atomic E-state index is 5.54. The zero-order valence-corrected chi connectivity index (χ0v) is 8.35. The first kappa shape index (κ1) is 11.1. The van der Waals surface area contributed by atoms with E-state index >= 15 is 0 Å². The van der Waals surface area contributed by atoms with Crippen LogP contribution in [0.15, 0.2) is 0 Å². The van der Waals surface area contributed by atoms with Crippen LogP contribution in [-0.4, -0.2) is 23.3 Å². The summed E-state index contributed by atoms with van der Waals surface area (Å²) in [6, 6.07) is 0. The van der Waals surface area contributed by atoms with Crippen molar-refractivity contribution >= 4 is 46.4 Å². The van der Waals surface area contributed by atoms with E-state index in [1.54, 1.807) is 0 Å². The fourth-order valence-corrected chi connectivity index (χ4v) is 0.778. The Morgan fingerprint density at radius 3 is 1.20 bits per heavy atom. The number of halogens is 4. The van der Waals surface area contributed by atoms with Crippen molar-refractivity contribution in [2.75, 3.05) is 14.2 Å². The lowest BCUT2D eigenvalue weighted by atomic mass is 10.7. The minimum atomic E-state index is -1.81. The number of hydrogen-bond donors (Lipinski definition) is 0. The summed E-state index contributed by atoms with van der Waals surface area (Å²) < 4.78 is 7.39. The van der Waals surface area contributed by atoms with Gasteiger partial charge in [0.25, 0.3) is 9.04 Å². The molecule has 0 aliphatic rings. The van der Waals surface area contributed by atoms with E-state index in [4.69, 9.17) is 46.4 Å². The average Bonchev–Trinajstić information content (AvgIpc) is 1.84. The van der Waals surface area contributed by atoms with E-state index in [1.165, 1.54) is 14.2 Å². The van der Waals surface area contributed by atoms with Crippen LogP contribution in [0.3, 0.4) is 0 Å². The molecule has 0 radical (unpaired) electrons. The maximum Gasteiger partial charge on any atom is 0.297 e. The van der Waals surface area contributed by atoms with E-state index in [2.05, 4.69) is 9.47 Å². The average molecular weight is 228 g/mol. The van der Waals surface area contributed by atoms with Crippen molar-refractivity contribution in [3.63, 3.8) is 0 Å². The summed E-state index contributed by atoms with van der Waals surface area (Å²) in [5, 5.41) is -1.71. The highest BCUT2D eigenvalue weighted by molar-refractivity contribution is 6.70. The van der Waals surface area contributed by atoms with Gasteiger partial charge in [0.05, 0.1) is 0 Å². The molecule has 0 aliphatic carbocycles. The largest absolute Gasteiger partial charge is 0.337 e. The molecule has 0 atom stereocenters. The van der Waals surface area contributed by atoms with Gasteiger partial charge >= 0.3 is 0 Å². The smallest absolute Gasteiger partial charge is 0.297 e. The maximum absolute atomic E-state index is 5.54. The third-order valence-corrected chi connectivity index (χ3v) is 2.49. The van der Waals surface area contributed by atoms with Crippen molar-refractivity contribution in [2.24, 2.45) is 0 Å². The van der Waals surface area contributed by atoms with E-state index < -0.39 is 9.04 Å². The second kappa shape index (κ2) is 3.65. The predicted octanol–water partition coefficient (Wildman–Crippen LogP) is 2.54. The minimum absolute atomic E-state index is 1.28. The second-order valence-corrected chi connectivity index (χ2v) is 4.22. The van der Waals surface area contributed by atoms with E-state index in [1.807, 2.05) is 0 Å². The molecule has 0 bridgehead atoms. The van der Waals surface area contributed by atoms with Crippen molar-refractivity contribution in [3.8, 4) is 0 Å². The molecular weight excluding hydrogens is 222 g/mol. The van der Waals surface area contributed by atoms with Crippen LogP contribution in [0.2, 0.25) is 0 Å². The van der Waals surface area contributed by atoms with Crippen molar-refractivity contribution in [1.29, 1.82) is 0 Å². The van der Waals surface area contributed by atoms with Crippen LogP contribution >= 0.6 is 46.4 Å². The van der Waals surface area contributed by atoms with Crippen LogP contribution in [0.25, 0.3) is 0 Å². The number of ether oxygens (including phenoxy) is 2. The predicted molar refractivity (Wildman–Crippen MR) is 42.9 cm³/mol. The fraction of sp³-hybridized carbons (Fsp3) is 1.00. The van der Waals surface area contributed by atoms with Gasteiger partial charge in [-0.15, -0.1) is 0 Å². The van der Waals surface area contributed by atoms with Crippen molar-refractivity contribution in [2.45, 2.75) is 9.04 Å². The van der Waals surface area contributed by atoms with Crippen LogP contribution in [0.4, 0.5) is 0 Å². The highest BCUT2D eigenvalue weighted by atomic mass is 35.6. The first-order valence-corrected chi connectivity index (χ1v) is 3.74. The molecule has 2 nitrogen and oxygen atoms in total. The first-order valence-electron chi connectivity index (χ1n) is 2.23. The summed E-state index contributed by atoms with van der Waals surface area (Å²) in [6.45, 7) is 0. The van der Waals surface area contributed by atoms with Gasteiger partial charge in [-0.2, -0.15) is 0 Å². The molecule has 0 rings (SSSR count). The van der Waals surface area contributed by atoms with Crippen molar-refractivity contribution < 1.29 is 9.47 Å². The molecule has 10 heavy (non-hydrogen) atoms. The molecule has 0 unspecified atom stereocenters. The summed E-state index contributed by atoms with van der Waals surface area (Å²) in [5.41, 5.74) is 0. The molecule has 6 heteroatoms. The molecule has 0 heterocycles. The normalized spacial score (nSPS) is 13.8. The quantitative estimate of drug-likeness (QED) is 0.534. The minimum Gasteiger partial charge on any atom is -0.337 e. The Labute approximate surface area is 79.3 Å². The topological polar surface area (TPSA) is 18.5 Å². The number of rotatable bonds is 2. The molecule has 62 valence electrons. The number of methoxy groups -OCH3 is 2. The first-order chi connectivity index (χ1) is 4.37. The zero-order chi connectivity index (χ0) is 8.41. The lowest BCUT2D eigenvalue weighted by Crippen LogP contribution is -2.40. The zero-order valence-electron chi connectivity index (χ0n) is 5.33. The number of hydrogen-bond acceptors (Lipinski definition) is 2. The van der Waals surface area contributed by atoms with Crippen LogP contribution < -0.4 is 0 Å². The highest BCUT2D eigenvalue weighted by Gasteiger charge is 2.48. The summed E-state index contributed by atoms with van der Waals surface area (Å²) in [5.74, 6) is 0. The molecule has 0 amide bonds. The van der Waals surface area contributed by atoms with Crippen LogP contribution in [-0.2, 0) is 9.47 Å². The second-order valence-electron chi connectivity index (χ2n) is 1.44. The van der Waals surface area contributed by atoms with Gasteiger partial charge in [0.2, 0.25) is 0 Å². The standard InChI is InChI=1S/C4H6Cl4O2/c1-9-4(8,10-2)3(5,6)7/h1-2H3. The Morgan fingerprint density at radius 1 is 0.900 bits per heavy atom. The SMILES string of the molecule is COC(Cl)(OC)C(Cl)(Cl)Cl. The monoisotopic (exact) mass is 226 g/mol. The molecule has 0 aliphatic heterocycles. The van der Waals surface area contributed by atoms with Crippen molar-refractivity contribution in [3.05, 3.63) is 0 Å². The Kier molecular flexibility index (Phi) is 4.05. The molecule has 0 aromatic rings. The molecule has 0 N–H and O–H groups in total. The van der Waals surface area contributed by atoms with Crippen molar-refractivity contribution in [1.82, 2.24) is 0 Å². The third kappa shape index (κ3) is 2.29. The molecule has 0 fully saturated rings. The number of alkyl halides is 4. The van der Waals surface area contributed by atoms with Gasteiger partial charge in [-0.25, -0.2) is 0 Å². The fourth-order valence-electron chi connectivity index (χ4n) is 0.315. The van der Waals surface area contributed by atoms with E-state index in [-0.39, 0.29) is 0 Å². The molecular formula is C4H6Cl4O2. The van der Waals surface area contributed by atoms with Gasteiger partial charge in [-0.3, -0.25) is 0 Å². The van der Waals surface area contributed by atoms with Gasteiger partial charge in [0, 0.05) is 14.2 Å². The van der Waals surface area contributed by atoms with E-state index in [0.29, 0.717) is 0 Å². The molecule has 0 aromatic heterocycles. The summed E-state index contributed by atoms with van der Waals surface area (Å²) in [6.07, 6.45) is 0. The van der Waals surface area contributed by atoms with Gasteiger partial charge < -0.3 is 9.47 Å². The van der Waals surface area contributed by atoms with Gasteiger partial charge in [0.15, 0.2) is 0 Å². The van der Waals surface area contributed by atoms with E-state index in [9.17, 15) is 0 Å². The van der Waals surface area contributed by atoms with Crippen LogP contribution in [0, 0.1) is 0 Å². The van der Waals surface area contributed by atoms with Crippen LogP contribution in [0.5, 0.6) is 0 Å². The van der Waals surface area contributed by atoms with Gasteiger partial charge in [-0.1, -0.05) is 46.4 Å². The Bertz CT molecular complexity index is 106. The third-order valence-electron chi connectivity index (χ3n) is 0.864. The molecule has 0 saturated heterocycles. The Morgan fingerprint density at radius 2 is 1.20 bits per heavy atom. The van der Waals surface area contributed by atoms with Gasteiger partial charge in [0.1, 0.15) is 0 Å². The molecule has 0 spiro atoms. The lowest BCUT2D eigenvalue weighted by Gasteiger charge is -2.29. The molecule has 0 saturated carbocycles. The summed E-state index contributed by atoms with van der Waals surface area (Å²) in [4.78, 5) is 0. The molecule has 0 aromatic carbocycles. The Balaban J connectivity index is 4.33. The van der Waals surface area contributed by atoms with E-state index in [0.717, 1.165) is 0 Å². The lowest BCUT2D eigenvalue weighted by molar-refractivity contribution is -0.137. The van der Waals surface area contributed by atoms with Crippen LogP contribution in [0.1, 0.15) is 0 Å². The summed E-state index contributed by atoms with van der Waals surface area (Å²) >= 11 is 21.7.